The Hall–Kier alpha value is -5.17. The predicted octanol–water partition coefficient (Wildman–Crippen LogP) is 5.67. The highest BCUT2D eigenvalue weighted by Gasteiger charge is 2.16. The molecule has 0 aliphatic heterocycles. The highest BCUT2D eigenvalue weighted by atomic mass is 32.2. The first kappa shape index (κ1) is 30.8. The number of nitrogens with zero attached hydrogens (tertiary/aromatic N) is 3. The van der Waals surface area contributed by atoms with Gasteiger partial charge in [-0.3, -0.25) is 9.71 Å². The second-order valence-corrected chi connectivity index (χ2v) is 12.2. The van der Waals surface area contributed by atoms with Gasteiger partial charge in [-0.25, -0.2) is 12.8 Å². The number of aromatic nitrogens is 3. The van der Waals surface area contributed by atoms with Crippen LogP contribution in [0.15, 0.2) is 119 Å². The Morgan fingerprint density at radius 1 is 0.935 bits per heavy atom. The average Bonchev–Trinajstić information content (AvgIpc) is 3.56. The molecule has 4 aromatic carbocycles. The number of fused-ring (bicyclic) bond motifs is 1. The van der Waals surface area contributed by atoms with Gasteiger partial charge in [-0.1, -0.05) is 35.5 Å². The lowest BCUT2D eigenvalue weighted by molar-refractivity contribution is 0.174. The molecule has 2 aromatic heterocycles. The number of ether oxygens (including phenoxy) is 1. The molecule has 0 aliphatic rings. The summed E-state index contributed by atoms with van der Waals surface area (Å²) >= 11 is 0. The van der Waals surface area contributed by atoms with Crippen molar-refractivity contribution >= 4 is 26.5 Å². The van der Waals surface area contributed by atoms with Gasteiger partial charge < -0.3 is 19.7 Å². The van der Waals surface area contributed by atoms with Gasteiger partial charge in [-0.05, 0) is 96.0 Å². The monoisotopic (exact) mass is 639 g/mol. The Morgan fingerprint density at radius 3 is 2.50 bits per heavy atom. The summed E-state index contributed by atoms with van der Waals surface area (Å²) in [7, 11) is -3.83. The van der Waals surface area contributed by atoms with Gasteiger partial charge in [0.1, 0.15) is 11.6 Å². The first-order chi connectivity index (χ1) is 22.3. The van der Waals surface area contributed by atoms with E-state index in [2.05, 4.69) is 25.2 Å². The first-order valence-corrected chi connectivity index (χ1v) is 16.0. The minimum atomic E-state index is -3.83. The maximum atomic E-state index is 13.4. The topological polar surface area (TPSA) is 139 Å². The second kappa shape index (κ2) is 13.9. The molecular weight excluding hydrogens is 609 g/mol. The second-order valence-electron chi connectivity index (χ2n) is 10.5. The van der Waals surface area contributed by atoms with Crippen molar-refractivity contribution < 1.29 is 27.2 Å². The molecule has 0 fully saturated rings. The number of hydrogen-bond acceptors (Lipinski definition) is 9. The van der Waals surface area contributed by atoms with E-state index in [0.29, 0.717) is 42.3 Å². The highest BCUT2D eigenvalue weighted by molar-refractivity contribution is 7.92. The lowest BCUT2D eigenvalue weighted by Gasteiger charge is -2.12. The Balaban J connectivity index is 0.993. The fourth-order valence-corrected chi connectivity index (χ4v) is 5.82. The van der Waals surface area contributed by atoms with Crippen molar-refractivity contribution in [1.82, 2.24) is 20.4 Å². The number of halogens is 1. The van der Waals surface area contributed by atoms with Crippen LogP contribution in [0.2, 0.25) is 0 Å². The van der Waals surface area contributed by atoms with Crippen LogP contribution in [0.25, 0.3) is 22.2 Å². The molecule has 10 nitrogen and oxygen atoms in total. The van der Waals surface area contributed by atoms with Gasteiger partial charge in [0, 0.05) is 35.8 Å². The highest BCUT2D eigenvalue weighted by Crippen LogP contribution is 2.24. The number of hydrogen-bond donors (Lipinski definition) is 3. The lowest BCUT2D eigenvalue weighted by Crippen LogP contribution is -2.23. The van der Waals surface area contributed by atoms with Crippen LogP contribution in [0, 0.1) is 5.82 Å². The van der Waals surface area contributed by atoms with Crippen LogP contribution >= 0.6 is 0 Å². The van der Waals surface area contributed by atoms with Crippen molar-refractivity contribution in [3.8, 4) is 17.1 Å². The predicted molar refractivity (Wildman–Crippen MR) is 171 cm³/mol. The minimum absolute atomic E-state index is 0.0285. The Kier molecular flexibility index (Phi) is 9.29. The van der Waals surface area contributed by atoms with E-state index in [1.165, 1.54) is 24.3 Å². The number of aliphatic hydroxyl groups is 1. The fourth-order valence-electron chi connectivity index (χ4n) is 4.76. The molecule has 1 atom stereocenters. The summed E-state index contributed by atoms with van der Waals surface area (Å²) in [5, 5.41) is 19.0. The number of anilines is 1. The van der Waals surface area contributed by atoms with Crippen LogP contribution in [-0.4, -0.2) is 41.7 Å². The summed E-state index contributed by atoms with van der Waals surface area (Å²) in [6.45, 7) is 1.08. The van der Waals surface area contributed by atoms with Gasteiger partial charge >= 0.3 is 0 Å². The third-order valence-corrected chi connectivity index (χ3v) is 8.63. The molecule has 0 radical (unpaired) electrons. The molecule has 0 amide bonds. The van der Waals surface area contributed by atoms with Crippen molar-refractivity contribution in [2.75, 3.05) is 17.8 Å². The van der Waals surface area contributed by atoms with E-state index in [1.54, 1.807) is 67.0 Å². The van der Waals surface area contributed by atoms with Crippen LogP contribution in [0.4, 0.5) is 10.1 Å². The van der Waals surface area contributed by atoms with E-state index in [0.717, 1.165) is 21.9 Å². The summed E-state index contributed by atoms with van der Waals surface area (Å²) in [6.07, 6.45) is 3.38. The lowest BCUT2D eigenvalue weighted by atomic mass is 10.1. The molecule has 2 heterocycles. The largest absolute Gasteiger partial charge is 0.484 e. The molecule has 0 aliphatic carbocycles. The van der Waals surface area contributed by atoms with E-state index >= 15 is 0 Å². The zero-order chi connectivity index (χ0) is 31.9. The number of benzene rings is 4. The van der Waals surface area contributed by atoms with Crippen molar-refractivity contribution in [3.63, 3.8) is 0 Å². The SMILES string of the molecule is O=S(=O)(Nc1ccc(CCNCC(O)c2cccnc2)cc1)c1ccc(-c2noc(COc3ccc4cc(F)ccc4c3)n2)cc1. The van der Waals surface area contributed by atoms with E-state index in [9.17, 15) is 17.9 Å². The third-order valence-electron chi connectivity index (χ3n) is 7.23. The molecular formula is C34H30FN5O5S. The molecule has 0 saturated heterocycles. The summed E-state index contributed by atoms with van der Waals surface area (Å²) in [5.74, 6) is 0.805. The Labute approximate surface area is 265 Å². The first-order valence-electron chi connectivity index (χ1n) is 14.5. The summed E-state index contributed by atoms with van der Waals surface area (Å²) in [4.78, 5) is 8.45. The summed E-state index contributed by atoms with van der Waals surface area (Å²) in [6, 6.07) is 26.7. The summed E-state index contributed by atoms with van der Waals surface area (Å²) in [5.41, 5.74) is 2.79. The number of nitrogens with one attached hydrogen (secondary N) is 2. The minimum Gasteiger partial charge on any atom is -0.484 e. The van der Waals surface area contributed by atoms with Gasteiger partial charge in [-0.15, -0.1) is 0 Å². The molecule has 1 unspecified atom stereocenters. The zero-order valence-corrected chi connectivity index (χ0v) is 25.3. The molecule has 6 rings (SSSR count). The van der Waals surface area contributed by atoms with E-state index < -0.39 is 16.1 Å². The Morgan fingerprint density at radius 2 is 1.72 bits per heavy atom. The van der Waals surface area contributed by atoms with Crippen molar-refractivity contribution in [1.29, 1.82) is 0 Å². The molecule has 3 N–H and O–H groups in total. The van der Waals surface area contributed by atoms with E-state index in [4.69, 9.17) is 9.26 Å². The smallest absolute Gasteiger partial charge is 0.264 e. The molecule has 234 valence electrons. The van der Waals surface area contributed by atoms with E-state index in [-0.39, 0.29) is 23.2 Å². The standard InChI is InChI=1S/C34H30FN5O5S/c35-28-9-5-26-19-30(12-6-25(26)18-28)44-22-33-38-34(39-45-33)24-7-13-31(14-8-24)46(42,43)40-29-10-3-23(4-11-29)15-17-37-21-32(41)27-2-1-16-36-20-27/h1-14,16,18-20,32,37,40-41H,15,17,21-22H2. The number of aliphatic hydroxyl groups excluding tert-OH is 1. The van der Waals surface area contributed by atoms with Crippen LogP contribution in [0.3, 0.4) is 0 Å². The van der Waals surface area contributed by atoms with Gasteiger partial charge in [-0.2, -0.15) is 4.98 Å². The maximum Gasteiger partial charge on any atom is 0.264 e. The summed E-state index contributed by atoms with van der Waals surface area (Å²) < 4.78 is 53.1. The fraction of sp³-hybridized carbons (Fsp3) is 0.147. The van der Waals surface area contributed by atoms with Crippen LogP contribution in [-0.2, 0) is 23.1 Å². The maximum absolute atomic E-state index is 13.4. The van der Waals surface area contributed by atoms with E-state index in [1.807, 2.05) is 18.2 Å². The molecule has 46 heavy (non-hydrogen) atoms. The third kappa shape index (κ3) is 7.72. The molecule has 0 spiro atoms. The van der Waals surface area contributed by atoms with Crippen LogP contribution < -0.4 is 14.8 Å². The average molecular weight is 640 g/mol. The molecule has 0 saturated carbocycles. The number of rotatable bonds is 13. The van der Waals surface area contributed by atoms with Crippen LogP contribution in [0.5, 0.6) is 5.75 Å². The van der Waals surface area contributed by atoms with Crippen LogP contribution in [0.1, 0.15) is 23.1 Å². The Bertz CT molecular complexity index is 2020. The van der Waals surface area contributed by atoms with Crippen molar-refractivity contribution in [3.05, 3.63) is 132 Å². The van der Waals surface area contributed by atoms with Gasteiger partial charge in [0.2, 0.25) is 5.82 Å². The van der Waals surface area contributed by atoms with Gasteiger partial charge in [0.25, 0.3) is 15.9 Å². The number of pyridine rings is 1. The quantitative estimate of drug-likeness (QED) is 0.136. The van der Waals surface area contributed by atoms with Crippen molar-refractivity contribution in [2.24, 2.45) is 0 Å². The number of sulfonamides is 1. The van der Waals surface area contributed by atoms with Crippen molar-refractivity contribution in [2.45, 2.75) is 24.0 Å². The molecule has 6 aromatic rings. The zero-order valence-electron chi connectivity index (χ0n) is 24.5. The normalized spacial score (nSPS) is 12.2. The van der Waals surface area contributed by atoms with Gasteiger partial charge in [0.05, 0.1) is 11.0 Å². The molecule has 12 heteroatoms. The molecule has 0 bridgehead atoms. The van der Waals surface area contributed by atoms with Gasteiger partial charge in [0.15, 0.2) is 6.61 Å².